The molecule has 3 aliphatic rings. The molecule has 4 nitrogen and oxygen atoms in total. The highest BCUT2D eigenvalue weighted by molar-refractivity contribution is 5.76. The number of nitrogens with one attached hydrogen (secondary N) is 1. The summed E-state index contributed by atoms with van der Waals surface area (Å²) in [5, 5.41) is 3.63. The van der Waals surface area contributed by atoms with Gasteiger partial charge in [0, 0.05) is 32.1 Å². The molecule has 0 aromatic rings. The quantitative estimate of drug-likeness (QED) is 0.767. The molecule has 0 aromatic carbocycles. The van der Waals surface area contributed by atoms with Crippen LogP contribution in [0.2, 0.25) is 0 Å². The number of carbonyl (C=O) groups excluding carboxylic acids is 1. The zero-order valence-corrected chi connectivity index (χ0v) is 11.1. The molecule has 0 spiro atoms. The number of hydrogen-bond donors (Lipinski definition) is 1. The second-order valence-electron chi connectivity index (χ2n) is 5.90. The number of morpholine rings is 1. The van der Waals surface area contributed by atoms with Crippen LogP contribution in [0.3, 0.4) is 0 Å². The summed E-state index contributed by atoms with van der Waals surface area (Å²) in [4.78, 5) is 13.9. The van der Waals surface area contributed by atoms with Crippen molar-refractivity contribution in [2.45, 2.75) is 38.1 Å². The Bertz CT molecular complexity index is 282. The first-order valence-electron chi connectivity index (χ1n) is 7.43. The van der Waals surface area contributed by atoms with E-state index in [1.807, 2.05) is 4.90 Å². The van der Waals surface area contributed by atoms with E-state index in [-0.39, 0.29) is 5.91 Å². The molecular weight excluding hydrogens is 228 g/mol. The summed E-state index contributed by atoms with van der Waals surface area (Å²) < 4.78 is 5.26. The SMILES string of the molecule is O=C(CCNC(C1CC1)C1CC1)N1CCOCC1. The van der Waals surface area contributed by atoms with Crippen LogP contribution in [-0.2, 0) is 9.53 Å². The van der Waals surface area contributed by atoms with Gasteiger partial charge in [0.15, 0.2) is 0 Å². The summed E-state index contributed by atoms with van der Waals surface area (Å²) in [6.07, 6.45) is 6.23. The lowest BCUT2D eigenvalue weighted by atomic mass is 10.1. The fourth-order valence-corrected chi connectivity index (χ4v) is 2.95. The van der Waals surface area contributed by atoms with Crippen molar-refractivity contribution in [3.8, 4) is 0 Å². The lowest BCUT2D eigenvalue weighted by Crippen LogP contribution is -2.42. The molecule has 2 aliphatic carbocycles. The summed E-state index contributed by atoms with van der Waals surface area (Å²) >= 11 is 0. The number of hydrogen-bond acceptors (Lipinski definition) is 3. The van der Waals surface area contributed by atoms with E-state index in [1.165, 1.54) is 25.7 Å². The van der Waals surface area contributed by atoms with Crippen LogP contribution in [0.15, 0.2) is 0 Å². The number of amides is 1. The third-order valence-electron chi connectivity index (χ3n) is 4.34. The van der Waals surface area contributed by atoms with Crippen LogP contribution in [0.1, 0.15) is 32.1 Å². The molecule has 1 N–H and O–H groups in total. The van der Waals surface area contributed by atoms with Crippen LogP contribution in [0, 0.1) is 11.8 Å². The van der Waals surface area contributed by atoms with Crippen molar-refractivity contribution in [1.29, 1.82) is 0 Å². The Morgan fingerprint density at radius 1 is 1.17 bits per heavy atom. The van der Waals surface area contributed by atoms with Crippen LogP contribution in [0.5, 0.6) is 0 Å². The van der Waals surface area contributed by atoms with Crippen molar-refractivity contribution < 1.29 is 9.53 Å². The van der Waals surface area contributed by atoms with Gasteiger partial charge < -0.3 is 15.0 Å². The van der Waals surface area contributed by atoms with Gasteiger partial charge in [-0.1, -0.05) is 0 Å². The molecule has 3 rings (SSSR count). The normalized spacial score (nSPS) is 24.6. The smallest absolute Gasteiger partial charge is 0.224 e. The molecule has 18 heavy (non-hydrogen) atoms. The van der Waals surface area contributed by atoms with E-state index >= 15 is 0 Å². The Morgan fingerprint density at radius 2 is 1.78 bits per heavy atom. The molecule has 102 valence electrons. The zero-order chi connectivity index (χ0) is 12.4. The Balaban J connectivity index is 1.36. The highest BCUT2D eigenvalue weighted by atomic mass is 16.5. The van der Waals surface area contributed by atoms with Crippen molar-refractivity contribution in [1.82, 2.24) is 10.2 Å². The molecule has 0 atom stereocenters. The van der Waals surface area contributed by atoms with E-state index in [9.17, 15) is 4.79 Å². The van der Waals surface area contributed by atoms with Crippen LogP contribution in [0.25, 0.3) is 0 Å². The fraction of sp³-hybridized carbons (Fsp3) is 0.929. The van der Waals surface area contributed by atoms with Gasteiger partial charge in [0.25, 0.3) is 0 Å². The molecule has 0 aromatic heterocycles. The van der Waals surface area contributed by atoms with Crippen molar-refractivity contribution in [2.75, 3.05) is 32.8 Å². The Kier molecular flexibility index (Phi) is 3.85. The number of carbonyl (C=O) groups is 1. The Morgan fingerprint density at radius 3 is 2.33 bits per heavy atom. The summed E-state index contributed by atoms with van der Waals surface area (Å²) in [6, 6.07) is 0.711. The number of rotatable bonds is 6. The molecule has 1 heterocycles. The lowest BCUT2D eigenvalue weighted by molar-refractivity contribution is -0.135. The van der Waals surface area contributed by atoms with E-state index < -0.39 is 0 Å². The third-order valence-corrected chi connectivity index (χ3v) is 4.34. The second-order valence-corrected chi connectivity index (χ2v) is 5.90. The maximum Gasteiger partial charge on any atom is 0.224 e. The van der Waals surface area contributed by atoms with E-state index in [0.717, 1.165) is 31.5 Å². The Labute approximate surface area is 109 Å². The monoisotopic (exact) mass is 252 g/mol. The summed E-state index contributed by atoms with van der Waals surface area (Å²) in [5.41, 5.74) is 0. The average Bonchev–Trinajstić information content (AvgIpc) is 3.29. The first-order valence-corrected chi connectivity index (χ1v) is 7.43. The molecule has 1 saturated heterocycles. The first-order chi connectivity index (χ1) is 8.84. The van der Waals surface area contributed by atoms with Crippen LogP contribution in [-0.4, -0.2) is 49.7 Å². The van der Waals surface area contributed by atoms with Gasteiger partial charge in [-0.3, -0.25) is 4.79 Å². The van der Waals surface area contributed by atoms with Crippen molar-refractivity contribution in [3.63, 3.8) is 0 Å². The van der Waals surface area contributed by atoms with Crippen LogP contribution < -0.4 is 5.32 Å². The fourth-order valence-electron chi connectivity index (χ4n) is 2.95. The molecule has 4 heteroatoms. The number of nitrogens with zero attached hydrogens (tertiary/aromatic N) is 1. The molecule has 1 aliphatic heterocycles. The maximum atomic E-state index is 12.0. The molecule has 0 radical (unpaired) electrons. The molecule has 2 saturated carbocycles. The predicted octanol–water partition coefficient (Wildman–Crippen LogP) is 1.01. The molecule has 3 fully saturated rings. The standard InChI is InChI=1S/C14H24N2O2/c17-13(16-7-9-18-10-8-16)5-6-15-14(11-1-2-11)12-3-4-12/h11-12,14-15H,1-10H2. The minimum Gasteiger partial charge on any atom is -0.378 e. The first kappa shape index (κ1) is 12.4. The zero-order valence-electron chi connectivity index (χ0n) is 11.1. The molecule has 1 amide bonds. The summed E-state index contributed by atoms with van der Waals surface area (Å²) in [5.74, 6) is 2.11. The summed E-state index contributed by atoms with van der Waals surface area (Å²) in [7, 11) is 0. The summed E-state index contributed by atoms with van der Waals surface area (Å²) in [6.45, 7) is 3.80. The second kappa shape index (κ2) is 5.57. The topological polar surface area (TPSA) is 41.6 Å². The van der Waals surface area contributed by atoms with E-state index in [0.29, 0.717) is 25.7 Å². The van der Waals surface area contributed by atoms with Crippen LogP contribution in [0.4, 0.5) is 0 Å². The predicted molar refractivity (Wildman–Crippen MR) is 69.3 cm³/mol. The van der Waals surface area contributed by atoms with E-state index in [1.54, 1.807) is 0 Å². The maximum absolute atomic E-state index is 12.0. The largest absolute Gasteiger partial charge is 0.378 e. The van der Waals surface area contributed by atoms with E-state index in [2.05, 4.69) is 5.32 Å². The molecule has 0 unspecified atom stereocenters. The van der Waals surface area contributed by atoms with Gasteiger partial charge >= 0.3 is 0 Å². The Hall–Kier alpha value is -0.610. The average molecular weight is 252 g/mol. The highest BCUT2D eigenvalue weighted by Gasteiger charge is 2.40. The molecule has 0 bridgehead atoms. The van der Waals surface area contributed by atoms with Crippen LogP contribution >= 0.6 is 0 Å². The highest BCUT2D eigenvalue weighted by Crippen LogP contribution is 2.44. The van der Waals surface area contributed by atoms with Crippen molar-refractivity contribution in [3.05, 3.63) is 0 Å². The van der Waals surface area contributed by atoms with E-state index in [4.69, 9.17) is 4.74 Å². The molecular formula is C14H24N2O2. The third kappa shape index (κ3) is 3.23. The van der Waals surface area contributed by atoms with Gasteiger partial charge in [-0.25, -0.2) is 0 Å². The van der Waals surface area contributed by atoms with Gasteiger partial charge in [-0.05, 0) is 37.5 Å². The van der Waals surface area contributed by atoms with Gasteiger partial charge in [0.05, 0.1) is 13.2 Å². The van der Waals surface area contributed by atoms with Crippen molar-refractivity contribution >= 4 is 5.91 Å². The minimum absolute atomic E-state index is 0.288. The van der Waals surface area contributed by atoms with Gasteiger partial charge in [-0.15, -0.1) is 0 Å². The van der Waals surface area contributed by atoms with Crippen molar-refractivity contribution in [2.24, 2.45) is 11.8 Å². The number of ether oxygens (including phenoxy) is 1. The minimum atomic E-state index is 0.288. The lowest BCUT2D eigenvalue weighted by Gasteiger charge is -2.27. The van der Waals surface area contributed by atoms with Gasteiger partial charge in [0.1, 0.15) is 0 Å². The van der Waals surface area contributed by atoms with Gasteiger partial charge in [-0.2, -0.15) is 0 Å². The van der Waals surface area contributed by atoms with Gasteiger partial charge in [0.2, 0.25) is 5.91 Å².